The predicted octanol–water partition coefficient (Wildman–Crippen LogP) is 17.3. The minimum absolute atomic E-state index is 0. The number of aromatic nitrogens is 8. The number of nitrogens with one attached hydrogen (secondary N) is 6. The normalized spacial score (nSPS) is 14.3. The van der Waals surface area contributed by atoms with Crippen LogP contribution in [0.15, 0.2) is 210 Å². The van der Waals surface area contributed by atoms with Gasteiger partial charge in [0, 0.05) is 111 Å². The average Bonchev–Trinajstić information content (AvgIpc) is 1.52. The molecule has 4 aromatic carbocycles. The number of halogens is 4. The zero-order valence-electron chi connectivity index (χ0n) is 75.4. The number of aromatic amines is 4. The van der Waals surface area contributed by atoms with Gasteiger partial charge in [0.1, 0.15) is 45.4 Å². The van der Waals surface area contributed by atoms with Crippen LogP contribution in [0.1, 0.15) is 154 Å². The number of fused-ring (bicyclic) bond motifs is 4. The van der Waals surface area contributed by atoms with Crippen molar-refractivity contribution >= 4 is 161 Å². The number of carboxylic acid groups (broad SMARTS) is 1. The molecule has 2 aliphatic heterocycles. The number of carbonyl (C=O) groups excluding carboxylic acids is 3. The monoisotopic (exact) mass is 1990 g/mol. The molecule has 23 nitrogen and oxygen atoms in total. The summed E-state index contributed by atoms with van der Waals surface area (Å²) in [6, 6.07) is 45.3. The topological polar surface area (TPSA) is 377 Å². The van der Waals surface area contributed by atoms with Crippen LogP contribution in [0.25, 0.3) is 44.1 Å². The molecule has 0 unspecified atom stereocenters. The van der Waals surface area contributed by atoms with Crippen LogP contribution in [0.3, 0.4) is 0 Å². The molecular formula is C104H109Cl4N12NaO11S4. The first-order valence-electron chi connectivity index (χ1n) is 41.1. The number of esters is 1. The van der Waals surface area contributed by atoms with E-state index in [4.69, 9.17) is 86.4 Å². The van der Waals surface area contributed by atoms with E-state index in [2.05, 4.69) is 155 Å². The van der Waals surface area contributed by atoms with Gasteiger partial charge < -0.3 is 76.9 Å². The Hall–Kier alpha value is -11.6. The summed E-state index contributed by atoms with van der Waals surface area (Å²) in [7, 11) is 1.36. The molecule has 4 fully saturated rings. The van der Waals surface area contributed by atoms with E-state index in [-0.39, 0.29) is 90.4 Å². The number of carbonyl (C=O) groups is 4. The molecule has 0 spiro atoms. The van der Waals surface area contributed by atoms with Crippen molar-refractivity contribution in [2.24, 2.45) is 5.73 Å². The van der Waals surface area contributed by atoms with Gasteiger partial charge in [0.05, 0.1) is 51.1 Å². The number of H-pyrrole nitrogens is 4. The molecule has 10 heterocycles. The van der Waals surface area contributed by atoms with Crippen LogP contribution in [0.4, 0.5) is 0 Å². The third kappa shape index (κ3) is 42.3. The number of nitrogens with two attached hydrogens (primary N) is 1. The molecule has 14 N–H and O–H groups in total. The number of nitrogens with zero attached hydrogens (tertiary/aromatic N) is 5. The molecule has 0 bridgehead atoms. The summed E-state index contributed by atoms with van der Waals surface area (Å²) in [5.74, 6) is 21.7. The second-order valence-electron chi connectivity index (χ2n) is 27.8. The van der Waals surface area contributed by atoms with Gasteiger partial charge in [-0.3, -0.25) is 9.59 Å². The minimum atomic E-state index is -1.00. The fraction of sp³-hybridized carbons (Fsp3) is 0.269. The number of aromatic carboxylic acids is 1. The van der Waals surface area contributed by atoms with Gasteiger partial charge in [0.15, 0.2) is 0 Å². The Labute approximate surface area is 857 Å². The fourth-order valence-corrected chi connectivity index (χ4v) is 17.0. The molecule has 0 atom stereocenters. The largest absolute Gasteiger partial charge is 1.00 e. The molecule has 16 rings (SSSR count). The van der Waals surface area contributed by atoms with Crippen LogP contribution in [0.2, 0.25) is 20.1 Å². The van der Waals surface area contributed by atoms with Gasteiger partial charge >= 0.3 is 41.5 Å². The first-order valence-corrected chi connectivity index (χ1v) is 45.9. The van der Waals surface area contributed by atoms with Crippen LogP contribution in [-0.2, 0) is 4.74 Å². The number of piperidine rings is 2. The summed E-state index contributed by atoms with van der Waals surface area (Å²) in [5.41, 5.74) is 9.84. The number of amides is 2. The standard InChI is InChI=1S/C20H20ClN3O2S.C19H18ClN3O2S.C15H11ClN2O2S.C14H9ClN2O2S.C6H13NO.C6H2.C5H11NO.C5H4.C4H6.C3H4.3C2H2.CH4.Na.H2O/c21-12-3-9-15(10-4-12)27-18-16-2-1-11-22-19(16)24-17(18)20(26)23-13-5-7-14(25)8-6-13;20-12-3-5-14(6-4-12)26-17-15-2-1-9-21-18(15)22-16(17)19(25)23-10-7-13(24)8-11-23;1-20-15(19)12-13(11-3-2-8-17-14(11)18-12)21-10-6-4-9(16)5-7-10;15-8-3-5-9(6-4-8)20-12-10-2-1-7-16-13(10)17-11(12)14(18)19;7-5-1-3-6(8)4-2-5;1-3-5-6-4-2;7-5-1-3-6-4-2-5;1-3-5-4-2;1-3-4-2;1-3-2;3*1-2;;;/h1-4,9-11,13-14,25H,5-8H2,(H,22,24)(H,23,26);1-6,9,13,24H,7-8,10-11H2,(H,21,22);2-8H,1H3,(H,17,18);1-7H,(H,16,17)(H,18,19);5-6,8H,1-4,7H2;1-2H;5-7H,1-4H2;1H,2H3;1-2H3;1H,2H3;3*1-2H;1H4;;1H2/q;;;;;;;;;;;;;;+1;/p-1. The van der Waals surface area contributed by atoms with E-state index >= 15 is 0 Å². The summed E-state index contributed by atoms with van der Waals surface area (Å²) >= 11 is 29.6. The molecular weight excluding hydrogens is 1890 g/mol. The van der Waals surface area contributed by atoms with Crippen LogP contribution in [-0.4, -0.2) is 169 Å². The van der Waals surface area contributed by atoms with Gasteiger partial charge in [-0.25, -0.2) is 29.5 Å². The van der Waals surface area contributed by atoms with Crippen molar-refractivity contribution in [3.63, 3.8) is 0 Å². The Balaban J connectivity index is 0.000000799. The molecule has 2 aliphatic carbocycles. The maximum absolute atomic E-state index is 13.1. The Morgan fingerprint density at radius 3 is 1.03 bits per heavy atom. The van der Waals surface area contributed by atoms with Crippen LogP contribution in [0, 0.1) is 123 Å². The number of pyridine rings is 4. The number of carboxylic acids is 1. The molecule has 2 saturated heterocycles. The number of aliphatic hydroxyl groups excluding tert-OH is 4. The molecule has 136 heavy (non-hydrogen) atoms. The van der Waals surface area contributed by atoms with Crippen molar-refractivity contribution in [2.75, 3.05) is 33.3 Å². The molecule has 704 valence electrons. The summed E-state index contributed by atoms with van der Waals surface area (Å²) < 4.78 is 4.83. The molecule has 8 aromatic heterocycles. The van der Waals surface area contributed by atoms with Crippen LogP contribution >= 0.6 is 93.5 Å². The summed E-state index contributed by atoms with van der Waals surface area (Å²) in [6.07, 6.45) is 58.7. The van der Waals surface area contributed by atoms with Gasteiger partial charge in [0.2, 0.25) is 0 Å². The quantitative estimate of drug-likeness (QED) is 0.0290. The third-order valence-corrected chi connectivity index (χ3v) is 24.3. The zero-order chi connectivity index (χ0) is 98.0. The molecule has 32 heteroatoms. The number of hydrogen-bond donors (Lipinski definition) is 12. The fourth-order valence-electron chi connectivity index (χ4n) is 12.4. The molecule has 12 aromatic rings. The van der Waals surface area contributed by atoms with Crippen LogP contribution in [0.5, 0.6) is 0 Å². The zero-order valence-corrected chi connectivity index (χ0v) is 83.7. The number of likely N-dealkylation sites (tertiary alicyclic amines) is 1. The van der Waals surface area contributed by atoms with E-state index in [0.29, 0.717) is 96.6 Å². The minimum Gasteiger partial charge on any atom is -0.870 e. The SMILES string of the molecule is C.C#C.C#C.C#C.C#CC.C#CC#CC.C#CC#CC#C.CC#CC.COC(=O)c1[nH]c2ncccc2c1Sc1ccc(Cl)cc1.NC1CCC(O)CC1.O=C(NC1CCC(O)CC1)c1[nH]c2ncccc2c1Sc1ccc(Cl)cc1.O=C(O)c1[nH]c2ncccc2c1Sc1ccc(Cl)cc1.O=C(c1[nH]c2ncccc2c1Sc1ccc(Cl)cc1)N1CCC(O)CC1.OC1CCNCC1.[Na+].[OH-]. The van der Waals surface area contributed by atoms with Gasteiger partial charge in [-0.05, 0) is 299 Å². The van der Waals surface area contributed by atoms with E-state index in [0.717, 1.165) is 133 Å². The van der Waals surface area contributed by atoms with Crippen molar-refractivity contribution in [2.45, 2.75) is 188 Å². The first-order chi connectivity index (χ1) is 64.4. The summed E-state index contributed by atoms with van der Waals surface area (Å²) in [6.45, 7) is 10.1. The number of ether oxygens (including phenoxy) is 1. The summed E-state index contributed by atoms with van der Waals surface area (Å²) in [5, 5.41) is 59.0. The maximum atomic E-state index is 13.1. The number of benzene rings is 4. The smallest absolute Gasteiger partial charge is 0.870 e. The number of hydrogen-bond acceptors (Lipinski definition) is 20. The average molecular weight is 2000 g/mol. The predicted molar refractivity (Wildman–Crippen MR) is 552 cm³/mol. The van der Waals surface area contributed by atoms with Crippen molar-refractivity contribution in [1.29, 1.82) is 0 Å². The van der Waals surface area contributed by atoms with Crippen molar-refractivity contribution in [3.8, 4) is 123 Å². The van der Waals surface area contributed by atoms with Gasteiger partial charge in [-0.1, -0.05) is 107 Å². The second kappa shape index (κ2) is 70.1. The molecule has 2 amide bonds. The Bertz CT molecular complexity index is 6050. The Morgan fingerprint density at radius 2 is 0.735 bits per heavy atom. The van der Waals surface area contributed by atoms with E-state index in [1.165, 1.54) is 54.2 Å². The first kappa shape index (κ1) is 122. The number of terminal acetylenes is 7. The second-order valence-corrected chi connectivity index (χ2v) is 33.9. The van der Waals surface area contributed by atoms with Crippen molar-refractivity contribution < 1.29 is 84.5 Å². The van der Waals surface area contributed by atoms with E-state index in [9.17, 15) is 34.5 Å². The van der Waals surface area contributed by atoms with Gasteiger partial charge in [-0.15, -0.1) is 82.0 Å². The molecule has 0 radical (unpaired) electrons. The van der Waals surface area contributed by atoms with Gasteiger partial charge in [0.25, 0.3) is 11.8 Å². The number of aliphatic hydroxyl groups is 4. The summed E-state index contributed by atoms with van der Waals surface area (Å²) in [4.78, 5) is 87.5. The third-order valence-electron chi connectivity index (χ3n) is 18.8. The molecule has 2 saturated carbocycles. The Kier molecular flexibility index (Phi) is 63.1. The van der Waals surface area contributed by atoms with E-state index in [1.54, 1.807) is 61.7 Å². The van der Waals surface area contributed by atoms with Crippen molar-refractivity contribution in [3.05, 3.63) is 213 Å². The Morgan fingerprint density at radius 1 is 0.441 bits per heavy atom. The van der Waals surface area contributed by atoms with E-state index < -0.39 is 11.9 Å². The van der Waals surface area contributed by atoms with Gasteiger partial charge in [-0.2, -0.15) is 0 Å². The van der Waals surface area contributed by atoms with Crippen molar-refractivity contribution in [1.82, 2.24) is 55.4 Å². The maximum Gasteiger partial charge on any atom is 1.00 e. The molecule has 4 aliphatic rings. The van der Waals surface area contributed by atoms with E-state index in [1.807, 2.05) is 141 Å². The number of methoxy groups -OCH3 is 1. The van der Waals surface area contributed by atoms with Crippen LogP contribution < -0.4 is 45.9 Å². The number of rotatable bonds is 13.